The maximum Gasteiger partial charge on any atom is 0.310 e. The first-order valence-electron chi connectivity index (χ1n) is 6.36. The molecule has 1 rings (SSSR count). The molecule has 0 aromatic heterocycles. The quantitative estimate of drug-likeness (QED) is 0.397. The standard InChI is InChI=1S/C13H20N2O5/c1-18-5-2-6-19-7-8-20-13-9-11(10-14)3-4-12(13)15(16)17/h3-4,9H,2,5-8,10,14H2,1H3. The predicted octanol–water partition coefficient (Wildman–Crippen LogP) is 1.49. The molecule has 0 spiro atoms. The molecular weight excluding hydrogens is 264 g/mol. The number of nitro groups is 1. The van der Waals surface area contributed by atoms with Gasteiger partial charge in [0, 0.05) is 32.9 Å². The van der Waals surface area contributed by atoms with E-state index < -0.39 is 4.92 Å². The van der Waals surface area contributed by atoms with Gasteiger partial charge < -0.3 is 19.9 Å². The summed E-state index contributed by atoms with van der Waals surface area (Å²) in [7, 11) is 1.63. The lowest BCUT2D eigenvalue weighted by atomic mass is 10.2. The lowest BCUT2D eigenvalue weighted by Gasteiger charge is -2.08. The molecular formula is C13H20N2O5. The Hall–Kier alpha value is -1.70. The average molecular weight is 284 g/mol. The Morgan fingerprint density at radius 2 is 2.05 bits per heavy atom. The zero-order valence-corrected chi connectivity index (χ0v) is 11.5. The SMILES string of the molecule is COCCCOCCOc1cc(CN)ccc1[N+](=O)[O-]. The molecule has 0 aliphatic carbocycles. The summed E-state index contributed by atoms with van der Waals surface area (Å²) in [5, 5.41) is 10.9. The van der Waals surface area contributed by atoms with Gasteiger partial charge in [0.05, 0.1) is 11.5 Å². The van der Waals surface area contributed by atoms with Crippen LogP contribution in [0.2, 0.25) is 0 Å². The van der Waals surface area contributed by atoms with Crippen molar-refractivity contribution in [1.82, 2.24) is 0 Å². The molecule has 0 aliphatic rings. The topological polar surface area (TPSA) is 96.8 Å². The summed E-state index contributed by atoms with van der Waals surface area (Å²) in [5.74, 6) is 0.221. The zero-order valence-electron chi connectivity index (χ0n) is 11.5. The molecule has 7 nitrogen and oxygen atoms in total. The number of nitrogens with zero attached hydrogens (tertiary/aromatic N) is 1. The highest BCUT2D eigenvalue weighted by molar-refractivity contribution is 5.48. The number of ether oxygens (including phenoxy) is 3. The van der Waals surface area contributed by atoms with Crippen LogP contribution in [0.4, 0.5) is 5.69 Å². The second-order valence-corrected chi connectivity index (χ2v) is 4.07. The van der Waals surface area contributed by atoms with E-state index in [2.05, 4.69) is 0 Å². The van der Waals surface area contributed by atoms with Crippen LogP contribution in [0.3, 0.4) is 0 Å². The van der Waals surface area contributed by atoms with Gasteiger partial charge in [-0.15, -0.1) is 0 Å². The summed E-state index contributed by atoms with van der Waals surface area (Å²) in [6, 6.07) is 4.60. The molecule has 0 amide bonds. The van der Waals surface area contributed by atoms with Crippen LogP contribution in [0, 0.1) is 10.1 Å². The molecule has 1 aromatic carbocycles. The summed E-state index contributed by atoms with van der Waals surface area (Å²) in [6.45, 7) is 2.14. The Morgan fingerprint density at radius 3 is 2.70 bits per heavy atom. The molecule has 0 fully saturated rings. The number of rotatable bonds is 10. The van der Waals surface area contributed by atoms with Gasteiger partial charge >= 0.3 is 5.69 Å². The first-order valence-corrected chi connectivity index (χ1v) is 6.36. The zero-order chi connectivity index (χ0) is 14.8. The number of hydrogen-bond acceptors (Lipinski definition) is 6. The van der Waals surface area contributed by atoms with E-state index in [4.69, 9.17) is 19.9 Å². The minimum Gasteiger partial charge on any atom is -0.484 e. The van der Waals surface area contributed by atoms with Gasteiger partial charge in [0.25, 0.3) is 0 Å². The average Bonchev–Trinajstić information content (AvgIpc) is 2.45. The Balaban J connectivity index is 2.43. The third-order valence-corrected chi connectivity index (χ3v) is 2.58. The third kappa shape index (κ3) is 5.52. The van der Waals surface area contributed by atoms with E-state index >= 15 is 0 Å². The molecule has 1 aromatic rings. The fourth-order valence-electron chi connectivity index (χ4n) is 1.57. The second-order valence-electron chi connectivity index (χ2n) is 4.07. The summed E-state index contributed by atoms with van der Waals surface area (Å²) < 4.78 is 15.6. The molecule has 112 valence electrons. The van der Waals surface area contributed by atoms with Crippen LogP contribution in [0.25, 0.3) is 0 Å². The molecule has 2 N–H and O–H groups in total. The van der Waals surface area contributed by atoms with Gasteiger partial charge in [-0.25, -0.2) is 0 Å². The first kappa shape index (κ1) is 16.4. The van der Waals surface area contributed by atoms with Crippen molar-refractivity contribution < 1.29 is 19.1 Å². The Bertz CT molecular complexity index is 425. The third-order valence-electron chi connectivity index (χ3n) is 2.58. The molecule has 0 radical (unpaired) electrons. The van der Waals surface area contributed by atoms with E-state index in [0.717, 1.165) is 12.0 Å². The van der Waals surface area contributed by atoms with Gasteiger partial charge in [0.1, 0.15) is 6.61 Å². The molecule has 0 heterocycles. The molecule has 0 saturated heterocycles. The Morgan fingerprint density at radius 1 is 1.25 bits per heavy atom. The largest absolute Gasteiger partial charge is 0.484 e. The molecule has 0 unspecified atom stereocenters. The Kier molecular flexibility index (Phi) is 7.56. The molecule has 20 heavy (non-hydrogen) atoms. The van der Waals surface area contributed by atoms with Crippen LogP contribution in [-0.4, -0.2) is 38.5 Å². The maximum absolute atomic E-state index is 10.9. The highest BCUT2D eigenvalue weighted by atomic mass is 16.6. The summed E-state index contributed by atoms with van der Waals surface area (Å²) in [6.07, 6.45) is 0.805. The minimum absolute atomic E-state index is 0.0680. The van der Waals surface area contributed by atoms with E-state index in [1.165, 1.54) is 6.07 Å². The highest BCUT2D eigenvalue weighted by Crippen LogP contribution is 2.27. The number of nitro benzene ring substituents is 1. The van der Waals surface area contributed by atoms with Crippen LogP contribution < -0.4 is 10.5 Å². The summed E-state index contributed by atoms with van der Waals surface area (Å²) in [5.41, 5.74) is 6.22. The van der Waals surface area contributed by atoms with Gasteiger partial charge in [0.15, 0.2) is 5.75 Å². The number of nitrogens with two attached hydrogens (primary N) is 1. The van der Waals surface area contributed by atoms with Crippen molar-refractivity contribution in [3.05, 3.63) is 33.9 Å². The van der Waals surface area contributed by atoms with Crippen molar-refractivity contribution in [1.29, 1.82) is 0 Å². The monoisotopic (exact) mass is 284 g/mol. The van der Waals surface area contributed by atoms with E-state index in [-0.39, 0.29) is 18.0 Å². The predicted molar refractivity (Wildman–Crippen MR) is 73.8 cm³/mol. The van der Waals surface area contributed by atoms with Crippen LogP contribution in [-0.2, 0) is 16.0 Å². The normalized spacial score (nSPS) is 10.5. The summed E-state index contributed by atoms with van der Waals surface area (Å²) >= 11 is 0. The van der Waals surface area contributed by atoms with E-state index in [1.807, 2.05) is 0 Å². The van der Waals surface area contributed by atoms with Crippen LogP contribution in [0.1, 0.15) is 12.0 Å². The second kappa shape index (κ2) is 9.24. The van der Waals surface area contributed by atoms with E-state index in [9.17, 15) is 10.1 Å². The maximum atomic E-state index is 10.9. The fourth-order valence-corrected chi connectivity index (χ4v) is 1.57. The molecule has 0 bridgehead atoms. The Labute approximate surface area is 117 Å². The van der Waals surface area contributed by atoms with Gasteiger partial charge in [-0.2, -0.15) is 0 Å². The van der Waals surface area contributed by atoms with Crippen molar-refractivity contribution >= 4 is 5.69 Å². The van der Waals surface area contributed by atoms with E-state index in [0.29, 0.717) is 26.4 Å². The molecule has 0 saturated carbocycles. The van der Waals surface area contributed by atoms with Crippen molar-refractivity contribution in [3.8, 4) is 5.75 Å². The van der Waals surface area contributed by atoms with Crippen LogP contribution in [0.15, 0.2) is 18.2 Å². The van der Waals surface area contributed by atoms with Crippen LogP contribution in [0.5, 0.6) is 5.75 Å². The van der Waals surface area contributed by atoms with Gasteiger partial charge in [-0.3, -0.25) is 10.1 Å². The number of hydrogen-bond donors (Lipinski definition) is 1. The molecule has 7 heteroatoms. The van der Waals surface area contributed by atoms with Gasteiger partial charge in [-0.1, -0.05) is 6.07 Å². The number of benzene rings is 1. The van der Waals surface area contributed by atoms with Gasteiger partial charge in [-0.05, 0) is 18.1 Å². The van der Waals surface area contributed by atoms with Crippen LogP contribution >= 0.6 is 0 Å². The van der Waals surface area contributed by atoms with Gasteiger partial charge in [0.2, 0.25) is 0 Å². The first-order chi connectivity index (χ1) is 9.69. The van der Waals surface area contributed by atoms with Crippen molar-refractivity contribution in [3.63, 3.8) is 0 Å². The fraction of sp³-hybridized carbons (Fsp3) is 0.538. The smallest absolute Gasteiger partial charge is 0.310 e. The van der Waals surface area contributed by atoms with E-state index in [1.54, 1.807) is 19.2 Å². The lowest BCUT2D eigenvalue weighted by molar-refractivity contribution is -0.385. The number of methoxy groups -OCH3 is 1. The lowest BCUT2D eigenvalue weighted by Crippen LogP contribution is -2.10. The molecule has 0 aliphatic heterocycles. The highest BCUT2D eigenvalue weighted by Gasteiger charge is 2.15. The van der Waals surface area contributed by atoms with Crippen molar-refractivity contribution in [2.45, 2.75) is 13.0 Å². The summed E-state index contributed by atoms with van der Waals surface area (Å²) in [4.78, 5) is 10.4. The minimum atomic E-state index is -0.477. The molecule has 0 atom stereocenters. The van der Waals surface area contributed by atoms with Crippen molar-refractivity contribution in [2.24, 2.45) is 5.73 Å². The van der Waals surface area contributed by atoms with Crippen molar-refractivity contribution in [2.75, 3.05) is 33.5 Å².